The fourth-order valence-electron chi connectivity index (χ4n) is 2.56. The summed E-state index contributed by atoms with van der Waals surface area (Å²) < 4.78 is 0. The fraction of sp³-hybridized carbons (Fsp3) is 0.667. The van der Waals surface area contributed by atoms with Crippen LogP contribution in [-0.4, -0.2) is 64.9 Å². The third kappa shape index (κ3) is 3.25. The molecule has 0 aromatic rings. The van der Waals surface area contributed by atoms with Crippen molar-refractivity contribution in [3.8, 4) is 0 Å². The highest BCUT2D eigenvalue weighted by Gasteiger charge is 2.33. The Morgan fingerprint density at radius 2 is 2.10 bits per heavy atom. The van der Waals surface area contributed by atoms with Gasteiger partial charge in [0.1, 0.15) is 6.54 Å². The molecule has 110 valence electrons. The number of piperidine rings is 1. The second-order valence-electron chi connectivity index (χ2n) is 5.08. The Hall–Kier alpha value is -2.12. The van der Waals surface area contributed by atoms with Gasteiger partial charge in [-0.2, -0.15) is 0 Å². The van der Waals surface area contributed by atoms with Crippen LogP contribution in [0.15, 0.2) is 0 Å². The highest BCUT2D eigenvalue weighted by atomic mass is 16.4. The monoisotopic (exact) mass is 283 g/mol. The lowest BCUT2D eigenvalue weighted by atomic mass is 9.95. The fourth-order valence-corrected chi connectivity index (χ4v) is 2.56. The zero-order valence-electron chi connectivity index (χ0n) is 11.0. The number of amides is 4. The van der Waals surface area contributed by atoms with Crippen molar-refractivity contribution in [1.29, 1.82) is 0 Å². The molecule has 0 bridgehead atoms. The first-order valence-corrected chi connectivity index (χ1v) is 6.55. The average Bonchev–Trinajstić information content (AvgIpc) is 2.70. The van der Waals surface area contributed by atoms with Crippen molar-refractivity contribution in [2.75, 3.05) is 26.2 Å². The van der Waals surface area contributed by atoms with Crippen LogP contribution in [0.1, 0.15) is 19.3 Å². The van der Waals surface area contributed by atoms with Crippen LogP contribution in [-0.2, 0) is 14.4 Å². The maximum absolute atomic E-state index is 12.1. The highest BCUT2D eigenvalue weighted by Crippen LogP contribution is 2.20. The number of rotatable bonds is 4. The smallest absolute Gasteiger partial charge is 0.325 e. The number of likely N-dealkylation sites (tertiary alicyclic amines) is 1. The summed E-state index contributed by atoms with van der Waals surface area (Å²) in [5, 5.41) is 11.1. The average molecular weight is 283 g/mol. The Kier molecular flexibility index (Phi) is 4.21. The molecule has 20 heavy (non-hydrogen) atoms. The lowest BCUT2D eigenvalue weighted by molar-refractivity contribution is -0.141. The molecule has 2 heterocycles. The Morgan fingerprint density at radius 1 is 1.35 bits per heavy atom. The molecule has 8 heteroatoms. The quantitative estimate of drug-likeness (QED) is 0.660. The van der Waals surface area contributed by atoms with Crippen LogP contribution in [0.2, 0.25) is 0 Å². The van der Waals surface area contributed by atoms with Crippen molar-refractivity contribution in [2.45, 2.75) is 19.3 Å². The van der Waals surface area contributed by atoms with Gasteiger partial charge in [-0.1, -0.05) is 0 Å². The van der Waals surface area contributed by atoms with Gasteiger partial charge in [0, 0.05) is 19.5 Å². The van der Waals surface area contributed by atoms with Crippen molar-refractivity contribution >= 4 is 23.8 Å². The van der Waals surface area contributed by atoms with E-state index in [2.05, 4.69) is 5.32 Å². The number of hydrogen-bond donors (Lipinski definition) is 2. The number of carbonyl (C=O) groups is 4. The van der Waals surface area contributed by atoms with E-state index in [4.69, 9.17) is 5.11 Å². The summed E-state index contributed by atoms with van der Waals surface area (Å²) in [5.74, 6) is -1.67. The number of imide groups is 1. The maximum Gasteiger partial charge on any atom is 0.325 e. The van der Waals surface area contributed by atoms with Crippen molar-refractivity contribution in [3.05, 3.63) is 0 Å². The minimum atomic E-state index is -0.876. The molecule has 0 radical (unpaired) electrons. The number of nitrogens with one attached hydrogen (secondary N) is 1. The normalized spacial score (nSPS) is 22.9. The third-order valence-electron chi connectivity index (χ3n) is 3.57. The van der Waals surface area contributed by atoms with Gasteiger partial charge in [0.25, 0.3) is 5.91 Å². The van der Waals surface area contributed by atoms with E-state index in [1.165, 1.54) is 4.90 Å². The van der Waals surface area contributed by atoms with Crippen LogP contribution in [0, 0.1) is 5.92 Å². The first kappa shape index (κ1) is 14.3. The summed E-state index contributed by atoms with van der Waals surface area (Å²) in [6.07, 6.45) is 1.55. The van der Waals surface area contributed by atoms with Gasteiger partial charge in [0.15, 0.2) is 0 Å². The van der Waals surface area contributed by atoms with E-state index in [0.717, 1.165) is 17.7 Å². The van der Waals surface area contributed by atoms with E-state index < -0.39 is 17.9 Å². The number of carboxylic acids is 1. The van der Waals surface area contributed by atoms with Gasteiger partial charge in [0.05, 0.1) is 6.54 Å². The van der Waals surface area contributed by atoms with Crippen LogP contribution in [0.4, 0.5) is 4.79 Å². The second kappa shape index (κ2) is 5.89. The van der Waals surface area contributed by atoms with Gasteiger partial charge in [0.2, 0.25) is 5.91 Å². The number of carbonyl (C=O) groups excluding carboxylic acids is 3. The molecule has 0 aliphatic carbocycles. The summed E-state index contributed by atoms with van der Waals surface area (Å²) >= 11 is 0. The Labute approximate surface area is 115 Å². The van der Waals surface area contributed by atoms with Gasteiger partial charge >= 0.3 is 12.0 Å². The predicted octanol–water partition coefficient (Wildman–Crippen LogP) is -0.748. The van der Waals surface area contributed by atoms with E-state index in [1.54, 1.807) is 0 Å². The summed E-state index contributed by atoms with van der Waals surface area (Å²) in [6.45, 7) is 0.561. The first-order chi connectivity index (χ1) is 9.47. The molecular formula is C12H17N3O5. The molecule has 0 aromatic carbocycles. The van der Waals surface area contributed by atoms with Gasteiger partial charge in [-0.3, -0.25) is 19.3 Å². The lowest BCUT2D eigenvalue weighted by Crippen LogP contribution is -2.47. The van der Waals surface area contributed by atoms with Gasteiger partial charge in [-0.15, -0.1) is 0 Å². The molecular weight excluding hydrogens is 266 g/mol. The number of carboxylic acid groups (broad SMARTS) is 1. The van der Waals surface area contributed by atoms with Gasteiger partial charge in [-0.25, -0.2) is 4.79 Å². The molecule has 1 atom stereocenters. The molecule has 2 aliphatic heterocycles. The summed E-state index contributed by atoms with van der Waals surface area (Å²) in [5.41, 5.74) is 0. The van der Waals surface area contributed by atoms with E-state index in [0.29, 0.717) is 13.1 Å². The highest BCUT2D eigenvalue weighted by molar-refractivity contribution is 6.04. The SMILES string of the molecule is O=C(O)CC1CCCN(C(=O)CN2C(=O)CNC2=O)C1. The molecule has 2 aliphatic rings. The lowest BCUT2D eigenvalue weighted by Gasteiger charge is -2.32. The molecule has 0 aromatic heterocycles. The second-order valence-corrected chi connectivity index (χ2v) is 5.08. The van der Waals surface area contributed by atoms with Crippen LogP contribution in [0.3, 0.4) is 0 Å². The van der Waals surface area contributed by atoms with Gasteiger partial charge in [-0.05, 0) is 18.8 Å². The molecule has 0 saturated carbocycles. The Morgan fingerprint density at radius 3 is 2.70 bits per heavy atom. The minimum absolute atomic E-state index is 0.0346. The van der Waals surface area contributed by atoms with Crippen LogP contribution in [0.25, 0.3) is 0 Å². The zero-order chi connectivity index (χ0) is 14.7. The van der Waals surface area contributed by atoms with E-state index >= 15 is 0 Å². The van der Waals surface area contributed by atoms with Crippen molar-refractivity contribution in [1.82, 2.24) is 15.1 Å². The first-order valence-electron chi connectivity index (χ1n) is 6.55. The van der Waals surface area contributed by atoms with E-state index in [1.807, 2.05) is 0 Å². The van der Waals surface area contributed by atoms with Crippen LogP contribution < -0.4 is 5.32 Å². The van der Waals surface area contributed by atoms with E-state index in [-0.39, 0.29) is 31.3 Å². The molecule has 2 fully saturated rings. The van der Waals surface area contributed by atoms with Crippen LogP contribution in [0.5, 0.6) is 0 Å². The Balaban J connectivity index is 1.90. The van der Waals surface area contributed by atoms with Crippen molar-refractivity contribution in [2.24, 2.45) is 5.92 Å². The standard InChI is InChI=1S/C12H17N3O5/c16-9-5-13-12(20)15(9)7-10(17)14-3-1-2-8(6-14)4-11(18)19/h8H,1-7H2,(H,13,20)(H,18,19). The topological polar surface area (TPSA) is 107 Å². The van der Waals surface area contributed by atoms with E-state index in [9.17, 15) is 19.2 Å². The maximum atomic E-state index is 12.1. The molecule has 2 rings (SSSR count). The minimum Gasteiger partial charge on any atom is -0.481 e. The summed E-state index contributed by atoms with van der Waals surface area (Å²) in [4.78, 5) is 48.0. The number of aliphatic carboxylic acids is 1. The molecule has 8 nitrogen and oxygen atoms in total. The summed E-state index contributed by atoms with van der Waals surface area (Å²) in [6, 6.07) is -0.553. The van der Waals surface area contributed by atoms with Crippen molar-refractivity contribution in [3.63, 3.8) is 0 Å². The zero-order valence-corrected chi connectivity index (χ0v) is 11.0. The molecule has 1 unspecified atom stereocenters. The van der Waals surface area contributed by atoms with Gasteiger partial charge < -0.3 is 15.3 Å². The molecule has 2 saturated heterocycles. The number of urea groups is 1. The largest absolute Gasteiger partial charge is 0.481 e. The predicted molar refractivity (Wildman–Crippen MR) is 66.7 cm³/mol. The number of nitrogens with zero attached hydrogens (tertiary/aromatic N) is 2. The molecule has 2 N–H and O–H groups in total. The Bertz CT molecular complexity index is 434. The third-order valence-corrected chi connectivity index (χ3v) is 3.57. The summed E-state index contributed by atoms with van der Waals surface area (Å²) in [7, 11) is 0. The number of hydrogen-bond acceptors (Lipinski definition) is 4. The van der Waals surface area contributed by atoms with Crippen molar-refractivity contribution < 1.29 is 24.3 Å². The molecule has 0 spiro atoms. The van der Waals surface area contributed by atoms with Crippen LogP contribution >= 0.6 is 0 Å². The molecule has 4 amide bonds.